The van der Waals surface area contributed by atoms with Crippen molar-refractivity contribution in [2.24, 2.45) is 0 Å². The second-order valence-electron chi connectivity index (χ2n) is 8.29. The summed E-state index contributed by atoms with van der Waals surface area (Å²) < 4.78 is 59.6. The van der Waals surface area contributed by atoms with Gasteiger partial charge in [-0.1, -0.05) is 80.8 Å². The molecule has 3 rings (SSSR count). The van der Waals surface area contributed by atoms with Crippen molar-refractivity contribution in [1.29, 1.82) is 0 Å². The van der Waals surface area contributed by atoms with Gasteiger partial charge >= 0.3 is 11.2 Å². The molecule has 1 N–H and O–H groups in total. The highest BCUT2D eigenvalue weighted by atomic mass is 32.2. The van der Waals surface area contributed by atoms with Crippen LogP contribution in [-0.4, -0.2) is 42.0 Å². The Labute approximate surface area is 225 Å². The van der Waals surface area contributed by atoms with E-state index in [1.165, 1.54) is 14.7 Å². The van der Waals surface area contributed by atoms with Crippen molar-refractivity contribution in [3.63, 3.8) is 0 Å². The average Bonchev–Trinajstić information content (AvgIpc) is 2.90. The molecule has 206 valence electrons. The van der Waals surface area contributed by atoms with E-state index < -0.39 is 34.1 Å². The van der Waals surface area contributed by atoms with E-state index >= 15 is 0 Å². The minimum absolute atomic E-state index is 0.0146. The number of hydrogen-bond acceptors (Lipinski definition) is 6. The van der Waals surface area contributed by atoms with Crippen LogP contribution < -0.4 is 0 Å². The first-order valence-electron chi connectivity index (χ1n) is 12.2. The molecule has 0 radical (unpaired) electrons. The number of carbonyl (C=O) groups excluding carboxylic acids is 1. The average molecular weight is 567 g/mol. The molecule has 0 aromatic heterocycles. The molecule has 0 heterocycles. The van der Waals surface area contributed by atoms with Crippen LogP contribution in [0.1, 0.15) is 39.0 Å². The summed E-state index contributed by atoms with van der Waals surface area (Å²) in [4.78, 5) is 14.8. The molecule has 3 aromatic carbocycles. The van der Waals surface area contributed by atoms with Crippen LogP contribution in [0, 0.1) is 0 Å². The van der Waals surface area contributed by atoms with Crippen LogP contribution in [0.5, 0.6) is 0 Å². The molecular formula is C28H32F2O6S2. The van der Waals surface area contributed by atoms with Crippen LogP contribution in [-0.2, 0) is 30.5 Å². The highest BCUT2D eigenvalue weighted by molar-refractivity contribution is 7.97. The third kappa shape index (κ3) is 9.83. The van der Waals surface area contributed by atoms with Crippen molar-refractivity contribution in [1.82, 2.24) is 0 Å². The van der Waals surface area contributed by atoms with Crippen LogP contribution in [0.4, 0.5) is 8.78 Å². The SMILES string of the molecule is CCCCCC(O)CCOC(=O)C(F)(F)S(=O)(=O)[O-].c1ccc([S+](c2ccccc2)c2ccccc2)cc1. The molecule has 0 bridgehead atoms. The Morgan fingerprint density at radius 1 is 0.868 bits per heavy atom. The van der Waals surface area contributed by atoms with Gasteiger partial charge in [0.2, 0.25) is 0 Å². The lowest BCUT2D eigenvalue weighted by Gasteiger charge is -2.18. The number of carbonyl (C=O) groups is 1. The van der Waals surface area contributed by atoms with Gasteiger partial charge in [0.15, 0.2) is 24.8 Å². The second kappa shape index (κ2) is 15.6. The van der Waals surface area contributed by atoms with Gasteiger partial charge in [0.05, 0.1) is 23.6 Å². The number of ether oxygens (including phenoxy) is 1. The Hall–Kier alpha value is -2.79. The van der Waals surface area contributed by atoms with E-state index in [2.05, 4.69) is 95.7 Å². The monoisotopic (exact) mass is 566 g/mol. The molecule has 6 nitrogen and oxygen atoms in total. The number of halogens is 2. The lowest BCUT2D eigenvalue weighted by Crippen LogP contribution is -2.39. The summed E-state index contributed by atoms with van der Waals surface area (Å²) in [5, 5.41) is 4.30. The van der Waals surface area contributed by atoms with Crippen LogP contribution in [0.2, 0.25) is 0 Å². The summed E-state index contributed by atoms with van der Waals surface area (Å²) >= 11 is 0. The predicted molar refractivity (Wildman–Crippen MR) is 142 cm³/mol. The zero-order chi connectivity index (χ0) is 28.0. The van der Waals surface area contributed by atoms with Crippen molar-refractivity contribution in [2.75, 3.05) is 6.61 Å². The minimum atomic E-state index is -6.09. The first-order valence-corrected chi connectivity index (χ1v) is 14.8. The molecular weight excluding hydrogens is 534 g/mol. The summed E-state index contributed by atoms with van der Waals surface area (Å²) in [6, 6.07) is 32.2. The number of aliphatic hydroxyl groups is 1. The molecule has 3 aromatic rings. The van der Waals surface area contributed by atoms with E-state index in [0.29, 0.717) is 6.42 Å². The van der Waals surface area contributed by atoms with E-state index in [1.807, 2.05) is 6.92 Å². The van der Waals surface area contributed by atoms with Crippen molar-refractivity contribution >= 4 is 27.0 Å². The molecule has 10 heteroatoms. The van der Waals surface area contributed by atoms with E-state index in [0.717, 1.165) is 19.3 Å². The summed E-state index contributed by atoms with van der Waals surface area (Å²) in [6.07, 6.45) is 2.12. The van der Waals surface area contributed by atoms with Gasteiger partial charge in [-0.3, -0.25) is 0 Å². The van der Waals surface area contributed by atoms with E-state index in [-0.39, 0.29) is 17.3 Å². The van der Waals surface area contributed by atoms with Gasteiger partial charge in [0, 0.05) is 6.42 Å². The smallest absolute Gasteiger partial charge is 0.428 e. The molecule has 0 saturated heterocycles. The Kier molecular flexibility index (Phi) is 12.9. The highest BCUT2D eigenvalue weighted by Gasteiger charge is 2.48. The lowest BCUT2D eigenvalue weighted by atomic mass is 10.1. The molecule has 1 atom stereocenters. The van der Waals surface area contributed by atoms with Crippen LogP contribution in [0.25, 0.3) is 0 Å². The van der Waals surface area contributed by atoms with Gasteiger partial charge in [-0.25, -0.2) is 13.2 Å². The topological polar surface area (TPSA) is 104 Å². The highest BCUT2D eigenvalue weighted by Crippen LogP contribution is 2.30. The van der Waals surface area contributed by atoms with Gasteiger partial charge in [-0.05, 0) is 42.8 Å². The van der Waals surface area contributed by atoms with Crippen LogP contribution in [0.3, 0.4) is 0 Å². The van der Waals surface area contributed by atoms with E-state index in [9.17, 15) is 31.7 Å². The summed E-state index contributed by atoms with van der Waals surface area (Å²) in [6.45, 7) is 1.40. The fourth-order valence-electron chi connectivity index (χ4n) is 3.33. The van der Waals surface area contributed by atoms with Gasteiger partial charge in [0.1, 0.15) is 0 Å². The molecule has 0 amide bonds. The molecule has 0 saturated carbocycles. The Balaban J connectivity index is 0.000000267. The predicted octanol–water partition coefficient (Wildman–Crippen LogP) is 5.78. The fraction of sp³-hybridized carbons (Fsp3) is 0.321. The third-order valence-electron chi connectivity index (χ3n) is 5.31. The number of alkyl halides is 2. The standard InChI is InChI=1S/C18H15S.C10H18F2O6S/c1-4-10-16(11-5-1)19(17-12-6-2-7-13-17)18-14-8-3-9-15-18;1-2-3-4-5-8(13)6-7-18-9(14)10(11,12)19(15,16)17/h1-15H;8,13H,2-7H2,1H3,(H,15,16,17)/q+1;/p-1. The van der Waals surface area contributed by atoms with Gasteiger partial charge < -0.3 is 14.4 Å². The molecule has 0 fully saturated rings. The first kappa shape index (κ1) is 31.4. The molecule has 0 aliphatic heterocycles. The number of hydrogen-bond donors (Lipinski definition) is 1. The van der Waals surface area contributed by atoms with Gasteiger partial charge in [0.25, 0.3) is 0 Å². The molecule has 0 aliphatic carbocycles. The quantitative estimate of drug-likeness (QED) is 0.129. The van der Waals surface area contributed by atoms with Crippen LogP contribution >= 0.6 is 0 Å². The largest absolute Gasteiger partial charge is 0.743 e. The van der Waals surface area contributed by atoms with Crippen molar-refractivity contribution in [3.05, 3.63) is 91.0 Å². The number of esters is 1. The Morgan fingerprint density at radius 2 is 1.29 bits per heavy atom. The number of aliphatic hydroxyl groups excluding tert-OH is 1. The maximum absolute atomic E-state index is 12.7. The number of unbranched alkanes of at least 4 members (excludes halogenated alkanes) is 2. The molecule has 38 heavy (non-hydrogen) atoms. The van der Waals surface area contributed by atoms with Gasteiger partial charge in [-0.2, -0.15) is 8.78 Å². The minimum Gasteiger partial charge on any atom is -0.743 e. The maximum Gasteiger partial charge on any atom is 0.428 e. The third-order valence-corrected chi connectivity index (χ3v) is 8.34. The van der Waals surface area contributed by atoms with E-state index in [4.69, 9.17) is 0 Å². The molecule has 1 unspecified atom stereocenters. The first-order chi connectivity index (χ1) is 18.1. The summed E-state index contributed by atoms with van der Waals surface area (Å²) in [5.74, 6) is -2.41. The maximum atomic E-state index is 12.7. The zero-order valence-electron chi connectivity index (χ0n) is 21.0. The van der Waals surface area contributed by atoms with E-state index in [1.54, 1.807) is 0 Å². The number of rotatable bonds is 12. The molecule has 0 spiro atoms. The van der Waals surface area contributed by atoms with Crippen LogP contribution in [0.15, 0.2) is 106 Å². The Morgan fingerprint density at radius 3 is 1.66 bits per heavy atom. The number of benzene rings is 3. The Bertz CT molecular complexity index is 1100. The molecule has 0 aliphatic rings. The second-order valence-corrected chi connectivity index (χ2v) is 11.7. The van der Waals surface area contributed by atoms with Crippen molar-refractivity contribution in [3.8, 4) is 0 Å². The van der Waals surface area contributed by atoms with Gasteiger partial charge in [-0.15, -0.1) is 0 Å². The summed E-state index contributed by atoms with van der Waals surface area (Å²) in [5.41, 5.74) is 0. The van der Waals surface area contributed by atoms with Crippen molar-refractivity contribution in [2.45, 2.75) is 65.1 Å². The normalized spacial score (nSPS) is 12.4. The fourth-order valence-corrected chi connectivity index (χ4v) is 5.69. The zero-order valence-corrected chi connectivity index (χ0v) is 22.7. The van der Waals surface area contributed by atoms with Crippen molar-refractivity contribution < 1.29 is 36.4 Å². The summed E-state index contributed by atoms with van der Waals surface area (Å²) in [7, 11) is -6.10. The lowest BCUT2D eigenvalue weighted by molar-refractivity contribution is -0.162.